The van der Waals surface area contributed by atoms with Crippen LogP contribution < -0.4 is 0 Å². The third kappa shape index (κ3) is 10.6. The van der Waals surface area contributed by atoms with Crippen molar-refractivity contribution in [2.24, 2.45) is 82.9 Å². The van der Waals surface area contributed by atoms with Crippen LogP contribution >= 0.6 is 0 Å². The van der Waals surface area contributed by atoms with Gasteiger partial charge in [-0.15, -0.1) is 0 Å². The normalized spacial score (nSPS) is 59.7. The number of hydrogen-bond donors (Lipinski definition) is 0. The molecule has 0 aromatic rings. The van der Waals surface area contributed by atoms with Gasteiger partial charge < -0.3 is 66.3 Å². The van der Waals surface area contributed by atoms with Crippen molar-refractivity contribution in [1.29, 1.82) is 0 Å². The van der Waals surface area contributed by atoms with Gasteiger partial charge in [0, 0.05) is 41.4 Å². The van der Waals surface area contributed by atoms with E-state index in [1.54, 1.807) is 0 Å². The predicted octanol–water partition coefficient (Wildman–Crippen LogP) is 9.82. The highest BCUT2D eigenvalue weighted by atomic mass is 16.8. The standard InChI is InChI=1S/C56H98O14/c1-22-29(8)50-57-36(15)43(22)64-51-30(9)23(2)45(38(17)58-51)66-53-32(11)25(4)47(40(19)60-53)68-55-34(13)27(6)49(42(21)62-55)70-56-35(14)28(7)48(41(20)63-56)69-54-33(12)26(5)46(39(18)61-54)67-52-31(10)24(3)44(65-50)37(16)59-52/h22-56H,1-21H3/t22-,23-,24-,25-,26-,27-,28-,29?,30?,31?,32?,33?,34?,35?,36?,37?,38?,39?,40?,41?,42?,43+,44+,45+,46+,47+,48+,49+,50-,51-,52-,53-,54-,55-,56-/m1/s1. The van der Waals surface area contributed by atoms with Crippen molar-refractivity contribution in [3.63, 3.8) is 0 Å². The minimum atomic E-state index is -0.419. The van der Waals surface area contributed by atoms with E-state index in [-0.39, 0.29) is 168 Å². The van der Waals surface area contributed by atoms with Crippen LogP contribution in [0.25, 0.3) is 0 Å². The van der Waals surface area contributed by atoms with Gasteiger partial charge in [-0.3, -0.25) is 0 Å². The first kappa shape index (κ1) is 55.7. The van der Waals surface area contributed by atoms with Crippen LogP contribution in [0.1, 0.15) is 145 Å². The van der Waals surface area contributed by atoms with Crippen LogP contribution in [0.4, 0.5) is 0 Å². The van der Waals surface area contributed by atoms with Gasteiger partial charge in [0.25, 0.3) is 0 Å². The van der Waals surface area contributed by atoms with Crippen molar-refractivity contribution in [3.8, 4) is 0 Å². The fraction of sp³-hybridized carbons (Fsp3) is 1.00. The molecule has 0 saturated carbocycles. The largest absolute Gasteiger partial charge is 0.347 e. The average molecular weight is 995 g/mol. The van der Waals surface area contributed by atoms with Gasteiger partial charge >= 0.3 is 0 Å². The SMILES string of the molecule is CC1[C@@H]2OC(C)[C@@H](O[C@H]3OC(C)[C@@H](O[C@H]4OC(C)[C@@H](O[C@H]5OC(C)[C@@H](O[C@H]6OC(C)[C@@H](O[C@H]7OC(C)[C@@H](O[C@H]8OC(C)[C@@H](O2)[C@H](C)C8C)[C@H](C)C7C)[C@H](C)C6C)[C@H](C)C5C)[C@H](C)C4C)[C@H](C)C3C)[C@@H]1C. The Bertz CT molecular complexity index is 1360. The van der Waals surface area contributed by atoms with Gasteiger partial charge in [0.05, 0.1) is 85.5 Å². The molecule has 406 valence electrons. The van der Waals surface area contributed by atoms with E-state index in [1.807, 2.05) is 0 Å². The summed E-state index contributed by atoms with van der Waals surface area (Å²) in [5, 5.41) is 0. The van der Waals surface area contributed by atoms with E-state index in [2.05, 4.69) is 145 Å². The van der Waals surface area contributed by atoms with Crippen molar-refractivity contribution in [3.05, 3.63) is 0 Å². The van der Waals surface area contributed by atoms with E-state index < -0.39 is 44.0 Å². The monoisotopic (exact) mass is 995 g/mol. The summed E-state index contributed by atoms with van der Waals surface area (Å²) in [6, 6.07) is 0. The maximum absolute atomic E-state index is 6.97. The molecule has 21 rings (SSSR count). The molecule has 21 fully saturated rings. The summed E-state index contributed by atoms with van der Waals surface area (Å²) in [6.07, 6.45) is -5.78. The van der Waals surface area contributed by atoms with E-state index in [4.69, 9.17) is 66.3 Å². The Morgan fingerprint density at radius 3 is 0.329 bits per heavy atom. The molecule has 0 aromatic heterocycles. The van der Waals surface area contributed by atoms with Crippen LogP contribution in [0.5, 0.6) is 0 Å². The molecule has 70 heavy (non-hydrogen) atoms. The first-order valence-corrected chi connectivity index (χ1v) is 28.1. The molecule has 0 aliphatic carbocycles. The molecule has 21 aliphatic rings. The van der Waals surface area contributed by atoms with Crippen molar-refractivity contribution < 1.29 is 66.3 Å². The molecular weight excluding hydrogens is 897 g/mol. The number of hydrogen-bond acceptors (Lipinski definition) is 14. The lowest BCUT2D eigenvalue weighted by atomic mass is 9.81. The molecule has 35 atom stereocenters. The minimum Gasteiger partial charge on any atom is -0.347 e. The maximum Gasteiger partial charge on any atom is 0.161 e. The molecule has 21 heterocycles. The Hall–Kier alpha value is -0.560. The molecule has 14 nitrogen and oxygen atoms in total. The zero-order valence-electron chi connectivity index (χ0n) is 46.9. The van der Waals surface area contributed by atoms with Crippen LogP contribution in [-0.4, -0.2) is 129 Å². The van der Waals surface area contributed by atoms with Crippen molar-refractivity contribution in [1.82, 2.24) is 0 Å². The number of ether oxygens (including phenoxy) is 14. The lowest BCUT2D eigenvalue weighted by Crippen LogP contribution is -2.59. The van der Waals surface area contributed by atoms with Crippen LogP contribution in [0.2, 0.25) is 0 Å². The molecule has 0 radical (unpaired) electrons. The second kappa shape index (κ2) is 22.2. The second-order valence-electron chi connectivity index (χ2n) is 24.7. The summed E-state index contributed by atoms with van der Waals surface area (Å²) in [6.45, 7) is 46.0. The van der Waals surface area contributed by atoms with Gasteiger partial charge in [0.1, 0.15) is 0 Å². The fourth-order valence-electron chi connectivity index (χ4n) is 13.5. The van der Waals surface area contributed by atoms with Crippen molar-refractivity contribution in [2.45, 2.75) is 275 Å². The average Bonchev–Trinajstić information content (AvgIpc) is 3.31. The van der Waals surface area contributed by atoms with Gasteiger partial charge in [-0.25, -0.2) is 0 Å². The van der Waals surface area contributed by atoms with E-state index in [0.29, 0.717) is 0 Å². The Balaban J connectivity index is 1.02. The summed E-state index contributed by atoms with van der Waals surface area (Å²) < 4.78 is 96.1. The first-order chi connectivity index (χ1) is 32.9. The van der Waals surface area contributed by atoms with Crippen LogP contribution in [0.3, 0.4) is 0 Å². The van der Waals surface area contributed by atoms with E-state index in [1.165, 1.54) is 0 Å². The van der Waals surface area contributed by atoms with E-state index >= 15 is 0 Å². The quantitative estimate of drug-likeness (QED) is 0.228. The summed E-state index contributed by atoms with van der Waals surface area (Å²) in [5.41, 5.74) is 0. The molecule has 0 spiro atoms. The zero-order chi connectivity index (χ0) is 51.1. The maximum atomic E-state index is 6.97. The molecule has 21 saturated heterocycles. The second-order valence-corrected chi connectivity index (χ2v) is 24.7. The van der Waals surface area contributed by atoms with E-state index in [9.17, 15) is 0 Å². The molecule has 14 unspecified atom stereocenters. The molecule has 0 aromatic carbocycles. The van der Waals surface area contributed by atoms with Gasteiger partial charge in [-0.2, -0.15) is 0 Å². The Kier molecular flexibility index (Phi) is 17.6. The highest BCUT2D eigenvalue weighted by Gasteiger charge is 2.54. The van der Waals surface area contributed by atoms with Crippen molar-refractivity contribution >= 4 is 0 Å². The van der Waals surface area contributed by atoms with Crippen LogP contribution in [0, 0.1) is 82.9 Å². The molecule has 14 heteroatoms. The predicted molar refractivity (Wildman–Crippen MR) is 263 cm³/mol. The third-order valence-electron chi connectivity index (χ3n) is 20.2. The van der Waals surface area contributed by atoms with Gasteiger partial charge in [-0.1, -0.05) is 96.9 Å². The summed E-state index contributed by atoms with van der Waals surface area (Å²) in [7, 11) is 0. The summed E-state index contributed by atoms with van der Waals surface area (Å²) in [5.74, 6) is 1.37. The molecule has 0 N–H and O–H groups in total. The Morgan fingerprint density at radius 2 is 0.229 bits per heavy atom. The van der Waals surface area contributed by atoms with Crippen molar-refractivity contribution in [2.75, 3.05) is 0 Å². The van der Waals surface area contributed by atoms with Gasteiger partial charge in [0.2, 0.25) is 0 Å². The lowest BCUT2D eigenvalue weighted by molar-refractivity contribution is -0.364. The topological polar surface area (TPSA) is 129 Å². The van der Waals surface area contributed by atoms with Crippen LogP contribution in [-0.2, 0) is 66.3 Å². The number of rotatable bonds is 0. The van der Waals surface area contributed by atoms with Gasteiger partial charge in [-0.05, 0) is 89.9 Å². The molecule has 0 amide bonds. The Labute approximate surface area is 422 Å². The lowest BCUT2D eigenvalue weighted by Gasteiger charge is -2.51. The molecule has 14 bridgehead atoms. The molecular formula is C56H98O14. The minimum absolute atomic E-state index is 0.0576. The summed E-state index contributed by atoms with van der Waals surface area (Å²) in [4.78, 5) is 0. The highest BCUT2D eigenvalue weighted by molar-refractivity contribution is 4.96. The highest BCUT2D eigenvalue weighted by Crippen LogP contribution is 2.46. The molecule has 21 aliphatic heterocycles. The third-order valence-corrected chi connectivity index (χ3v) is 20.2. The smallest absolute Gasteiger partial charge is 0.161 e. The fourth-order valence-corrected chi connectivity index (χ4v) is 13.5. The van der Waals surface area contributed by atoms with Gasteiger partial charge in [0.15, 0.2) is 44.0 Å². The van der Waals surface area contributed by atoms with E-state index in [0.717, 1.165) is 0 Å². The summed E-state index contributed by atoms with van der Waals surface area (Å²) >= 11 is 0. The Morgan fingerprint density at radius 1 is 0.129 bits per heavy atom. The first-order valence-electron chi connectivity index (χ1n) is 28.1. The zero-order valence-corrected chi connectivity index (χ0v) is 46.9. The van der Waals surface area contributed by atoms with Crippen LogP contribution in [0.15, 0.2) is 0 Å².